The number of ether oxygens (including phenoxy) is 4. The van der Waals surface area contributed by atoms with Crippen LogP contribution in [0.2, 0.25) is 0 Å². The lowest BCUT2D eigenvalue weighted by atomic mass is 10.0. The largest absolute Gasteiger partial charge is 0.472 e. The van der Waals surface area contributed by atoms with Crippen molar-refractivity contribution in [3.8, 4) is 0 Å². The number of unbranched alkanes of at least 4 members (excludes halogenated alkanes) is 29. The van der Waals surface area contributed by atoms with Crippen LogP contribution in [0.1, 0.15) is 292 Å². The third kappa shape index (κ3) is 55.0. The maximum atomic E-state index is 12.9. The van der Waals surface area contributed by atoms with E-state index in [9.17, 15) is 43.2 Å². The topological polar surface area (TPSA) is 237 Å². The lowest BCUT2D eigenvalue weighted by Crippen LogP contribution is -2.30. The number of carbonyl (C=O) groups excluding carboxylic acids is 4. The Morgan fingerprint density at radius 1 is 0.342 bits per heavy atom. The summed E-state index contributed by atoms with van der Waals surface area (Å²) in [5.41, 5.74) is 0. The molecule has 19 heteroatoms. The van der Waals surface area contributed by atoms with E-state index in [2.05, 4.69) is 41.5 Å². The number of hydrogen-bond acceptors (Lipinski definition) is 15. The molecule has 0 saturated carbocycles. The predicted molar refractivity (Wildman–Crippen MR) is 312 cm³/mol. The maximum absolute atomic E-state index is 12.9. The molecule has 0 spiro atoms. The zero-order valence-electron chi connectivity index (χ0n) is 50.7. The molecule has 0 aromatic carbocycles. The van der Waals surface area contributed by atoms with Gasteiger partial charge in [0.1, 0.15) is 19.3 Å². The van der Waals surface area contributed by atoms with Crippen LogP contribution < -0.4 is 0 Å². The van der Waals surface area contributed by atoms with Gasteiger partial charge in [0.05, 0.1) is 26.4 Å². The fourth-order valence-corrected chi connectivity index (χ4v) is 10.4. The Kier molecular flexibility index (Phi) is 51.5. The van der Waals surface area contributed by atoms with Gasteiger partial charge in [-0.1, -0.05) is 241 Å². The van der Waals surface area contributed by atoms with Crippen LogP contribution in [0.4, 0.5) is 0 Å². The average Bonchev–Trinajstić information content (AvgIpc) is 3.40. The fraction of sp³-hybridized carbons (Fsp3) is 0.933. The number of rotatable bonds is 59. The third-order valence-corrected chi connectivity index (χ3v) is 15.6. The van der Waals surface area contributed by atoms with E-state index in [1.54, 1.807) is 0 Å². The molecule has 0 rings (SSSR count). The molecular formula is C60H116O17P2. The molecule has 0 aliphatic carbocycles. The van der Waals surface area contributed by atoms with Crippen molar-refractivity contribution < 1.29 is 80.2 Å². The van der Waals surface area contributed by atoms with Crippen molar-refractivity contribution in [2.45, 2.75) is 310 Å². The van der Waals surface area contributed by atoms with E-state index in [4.69, 9.17) is 37.0 Å². The first kappa shape index (κ1) is 77.1. The molecule has 0 heterocycles. The van der Waals surface area contributed by atoms with Crippen molar-refractivity contribution in [2.75, 3.05) is 39.6 Å². The van der Waals surface area contributed by atoms with E-state index in [0.29, 0.717) is 31.6 Å². The van der Waals surface area contributed by atoms with E-state index in [1.807, 2.05) is 0 Å². The Balaban J connectivity index is 5.23. The highest BCUT2D eigenvalue weighted by Gasteiger charge is 2.30. The molecule has 0 aromatic rings. The summed E-state index contributed by atoms with van der Waals surface area (Å²) in [6, 6.07) is 0. The van der Waals surface area contributed by atoms with Crippen LogP contribution in [0.5, 0.6) is 0 Å². The number of hydrogen-bond donors (Lipinski definition) is 3. The SMILES string of the molecule is CCCCCCCCCCCCC(=O)O[C@H](COC(=O)CCCCCCCCCC)COP(=O)(O)OC[C@H](O)COP(=O)(O)OC[C@@H](COC(=O)CCCCCCCCCC(C)C)OC(=O)CCCCCCCCCCC(C)C. The molecule has 0 aliphatic heterocycles. The van der Waals surface area contributed by atoms with E-state index in [0.717, 1.165) is 109 Å². The van der Waals surface area contributed by atoms with Gasteiger partial charge in [0.25, 0.3) is 0 Å². The Bertz CT molecular complexity index is 1560. The van der Waals surface area contributed by atoms with Crippen LogP contribution in [-0.2, 0) is 65.4 Å². The molecule has 0 fully saturated rings. The van der Waals surface area contributed by atoms with Gasteiger partial charge in [-0.05, 0) is 37.5 Å². The van der Waals surface area contributed by atoms with Gasteiger partial charge in [-0.2, -0.15) is 0 Å². The summed E-state index contributed by atoms with van der Waals surface area (Å²) in [7, 11) is -9.87. The number of phosphoric acid groups is 2. The van der Waals surface area contributed by atoms with Gasteiger partial charge in [-0.3, -0.25) is 37.3 Å². The van der Waals surface area contributed by atoms with Crippen LogP contribution >= 0.6 is 15.6 Å². The highest BCUT2D eigenvalue weighted by atomic mass is 31.2. The van der Waals surface area contributed by atoms with Crippen LogP contribution in [-0.4, -0.2) is 96.7 Å². The summed E-state index contributed by atoms with van der Waals surface area (Å²) in [4.78, 5) is 71.9. The van der Waals surface area contributed by atoms with Crippen molar-refractivity contribution >= 4 is 39.5 Å². The summed E-state index contributed by atoms with van der Waals surface area (Å²) in [6.07, 6.45) is 33.6. The highest BCUT2D eigenvalue weighted by Crippen LogP contribution is 2.45. The second kappa shape index (κ2) is 52.8. The number of phosphoric ester groups is 2. The average molecular weight is 1170 g/mol. The predicted octanol–water partition coefficient (Wildman–Crippen LogP) is 16.1. The van der Waals surface area contributed by atoms with Gasteiger partial charge in [-0.15, -0.1) is 0 Å². The molecule has 0 aliphatic rings. The summed E-state index contributed by atoms with van der Waals surface area (Å²) >= 11 is 0. The standard InChI is InChI=1S/C60H116O17P2/c1-7-9-11-13-15-17-18-25-32-38-44-59(64)76-55(48-70-57(62)42-36-30-24-16-14-12-10-8-2)50-74-78(66,67)72-46-54(61)47-73-79(68,69)75-51-56(49-71-58(63)43-37-31-27-21-23-29-35-41-53(5)6)77-60(65)45-39-33-26-20-19-22-28-34-40-52(3)4/h52-56,61H,7-51H2,1-6H3,(H,66,67)(H,68,69)/t54-,55+,56+/m0/s1. The minimum atomic E-state index is -4.94. The first-order valence-corrected chi connectivity index (χ1v) is 34.5. The number of carbonyl (C=O) groups is 4. The minimum Gasteiger partial charge on any atom is -0.462 e. The van der Waals surface area contributed by atoms with Gasteiger partial charge in [0.2, 0.25) is 0 Å². The molecule has 5 atom stereocenters. The van der Waals surface area contributed by atoms with Crippen molar-refractivity contribution in [3.63, 3.8) is 0 Å². The zero-order valence-corrected chi connectivity index (χ0v) is 52.4. The molecule has 0 aromatic heterocycles. The molecule has 79 heavy (non-hydrogen) atoms. The van der Waals surface area contributed by atoms with E-state index < -0.39 is 97.5 Å². The monoisotopic (exact) mass is 1170 g/mol. The van der Waals surface area contributed by atoms with E-state index in [-0.39, 0.29) is 25.7 Å². The maximum Gasteiger partial charge on any atom is 0.472 e. The first-order chi connectivity index (χ1) is 37.9. The summed E-state index contributed by atoms with van der Waals surface area (Å²) in [5, 5.41) is 10.5. The molecule has 468 valence electrons. The van der Waals surface area contributed by atoms with Gasteiger partial charge in [0.15, 0.2) is 12.2 Å². The number of aliphatic hydroxyl groups excluding tert-OH is 1. The Morgan fingerprint density at radius 3 is 0.861 bits per heavy atom. The van der Waals surface area contributed by atoms with Crippen molar-refractivity contribution in [2.24, 2.45) is 11.8 Å². The lowest BCUT2D eigenvalue weighted by molar-refractivity contribution is -0.161. The quantitative estimate of drug-likeness (QED) is 0.0222. The molecule has 2 unspecified atom stereocenters. The second-order valence-corrected chi connectivity index (χ2v) is 25.6. The van der Waals surface area contributed by atoms with Crippen LogP contribution in [0, 0.1) is 11.8 Å². The van der Waals surface area contributed by atoms with Crippen molar-refractivity contribution in [1.82, 2.24) is 0 Å². The minimum absolute atomic E-state index is 0.103. The zero-order chi connectivity index (χ0) is 58.7. The lowest BCUT2D eigenvalue weighted by Gasteiger charge is -2.21. The van der Waals surface area contributed by atoms with Gasteiger partial charge in [0, 0.05) is 25.7 Å². The first-order valence-electron chi connectivity index (χ1n) is 31.5. The Morgan fingerprint density at radius 2 is 0.582 bits per heavy atom. The number of aliphatic hydroxyl groups is 1. The van der Waals surface area contributed by atoms with Gasteiger partial charge < -0.3 is 33.8 Å². The number of esters is 4. The van der Waals surface area contributed by atoms with Crippen molar-refractivity contribution in [1.29, 1.82) is 0 Å². The smallest absolute Gasteiger partial charge is 0.462 e. The molecule has 3 N–H and O–H groups in total. The van der Waals surface area contributed by atoms with Crippen LogP contribution in [0.25, 0.3) is 0 Å². The van der Waals surface area contributed by atoms with E-state index >= 15 is 0 Å². The Labute approximate surface area is 479 Å². The summed E-state index contributed by atoms with van der Waals surface area (Å²) in [5.74, 6) is -0.721. The summed E-state index contributed by atoms with van der Waals surface area (Å²) in [6.45, 7) is 9.33. The summed E-state index contributed by atoms with van der Waals surface area (Å²) < 4.78 is 67.7. The van der Waals surface area contributed by atoms with Crippen LogP contribution in [0.15, 0.2) is 0 Å². The van der Waals surface area contributed by atoms with Crippen LogP contribution in [0.3, 0.4) is 0 Å². The second-order valence-electron chi connectivity index (χ2n) is 22.7. The molecule has 0 bridgehead atoms. The fourth-order valence-electron chi connectivity index (χ4n) is 8.82. The molecular weight excluding hydrogens is 1050 g/mol. The molecule has 17 nitrogen and oxygen atoms in total. The van der Waals surface area contributed by atoms with E-state index in [1.165, 1.54) is 96.3 Å². The van der Waals surface area contributed by atoms with Crippen molar-refractivity contribution in [3.05, 3.63) is 0 Å². The molecule has 0 saturated heterocycles. The normalized spacial score (nSPS) is 14.4. The van der Waals surface area contributed by atoms with Gasteiger partial charge in [-0.25, -0.2) is 9.13 Å². The van der Waals surface area contributed by atoms with Gasteiger partial charge >= 0.3 is 39.5 Å². The molecule has 0 radical (unpaired) electrons. The molecule has 0 amide bonds. The Hall–Kier alpha value is -1.94. The highest BCUT2D eigenvalue weighted by molar-refractivity contribution is 7.47. The third-order valence-electron chi connectivity index (χ3n) is 13.7.